The Hall–Kier alpha value is -0.780. The van der Waals surface area contributed by atoms with Gasteiger partial charge in [-0.1, -0.05) is 0 Å². The molecule has 90 valence electrons. The summed E-state index contributed by atoms with van der Waals surface area (Å²) in [7, 11) is 1.72. The number of thiophene rings is 1. The summed E-state index contributed by atoms with van der Waals surface area (Å²) in [4.78, 5) is 0.934. The summed E-state index contributed by atoms with van der Waals surface area (Å²) < 4.78 is 27.8. The van der Waals surface area contributed by atoms with Gasteiger partial charge in [0.2, 0.25) is 0 Å². The zero-order valence-electron chi connectivity index (χ0n) is 9.01. The molecule has 1 heterocycles. The van der Waals surface area contributed by atoms with Gasteiger partial charge in [0.05, 0.1) is 9.83 Å². The Kier molecular flexibility index (Phi) is 3.91. The Labute approximate surface area is 111 Å². The Bertz CT molecular complexity index is 527. The summed E-state index contributed by atoms with van der Waals surface area (Å²) in [5.74, 6) is -0.840. The first-order chi connectivity index (χ1) is 8.11. The third kappa shape index (κ3) is 2.73. The normalized spacial score (nSPS) is 12.7. The molecule has 0 bridgehead atoms. The molecule has 1 aromatic carbocycles. The molecule has 5 heteroatoms. The SMILES string of the molecule is CNC(c1ccc(Br)s1)c1cc(F)ccc1F. The average Bonchev–Trinajstić information content (AvgIpc) is 2.71. The van der Waals surface area contributed by atoms with Crippen LogP contribution in [0.2, 0.25) is 0 Å². The van der Waals surface area contributed by atoms with E-state index in [0.717, 1.165) is 20.8 Å². The molecule has 1 unspecified atom stereocenters. The van der Waals surface area contributed by atoms with Crippen LogP contribution in [0.25, 0.3) is 0 Å². The predicted molar refractivity (Wildman–Crippen MR) is 69.3 cm³/mol. The fourth-order valence-electron chi connectivity index (χ4n) is 1.67. The van der Waals surface area contributed by atoms with E-state index in [-0.39, 0.29) is 6.04 Å². The summed E-state index contributed by atoms with van der Waals surface area (Å²) in [6, 6.07) is 6.95. The first kappa shape index (κ1) is 12.7. The molecular formula is C12H10BrF2NS. The Morgan fingerprint density at radius 1 is 1.24 bits per heavy atom. The van der Waals surface area contributed by atoms with Gasteiger partial charge in [0.15, 0.2) is 0 Å². The molecule has 2 aromatic rings. The molecule has 0 amide bonds. The maximum absolute atomic E-state index is 13.7. The molecule has 1 N–H and O–H groups in total. The van der Waals surface area contributed by atoms with E-state index in [9.17, 15) is 8.78 Å². The number of hydrogen-bond donors (Lipinski definition) is 1. The zero-order chi connectivity index (χ0) is 12.4. The Morgan fingerprint density at radius 2 is 2.00 bits per heavy atom. The third-order valence-corrected chi connectivity index (χ3v) is 4.12. The van der Waals surface area contributed by atoms with Crippen LogP contribution >= 0.6 is 27.3 Å². The highest BCUT2D eigenvalue weighted by Gasteiger charge is 2.18. The van der Waals surface area contributed by atoms with Crippen LogP contribution in [0.15, 0.2) is 34.1 Å². The minimum atomic E-state index is -0.433. The molecule has 17 heavy (non-hydrogen) atoms. The van der Waals surface area contributed by atoms with E-state index in [1.807, 2.05) is 12.1 Å². The van der Waals surface area contributed by atoms with Crippen LogP contribution in [0.3, 0.4) is 0 Å². The summed E-state index contributed by atoms with van der Waals surface area (Å²) in [5, 5.41) is 3.00. The Balaban J connectivity index is 2.45. The lowest BCUT2D eigenvalue weighted by atomic mass is 10.0. The summed E-state index contributed by atoms with van der Waals surface area (Å²) in [6.45, 7) is 0. The van der Waals surface area contributed by atoms with Crippen molar-refractivity contribution in [2.24, 2.45) is 0 Å². The molecule has 1 nitrogen and oxygen atoms in total. The van der Waals surface area contributed by atoms with Gasteiger partial charge >= 0.3 is 0 Å². The van der Waals surface area contributed by atoms with Gasteiger partial charge in [-0.3, -0.25) is 0 Å². The maximum atomic E-state index is 13.7. The molecule has 0 aliphatic rings. The lowest BCUT2D eigenvalue weighted by Gasteiger charge is -2.15. The van der Waals surface area contributed by atoms with E-state index in [2.05, 4.69) is 21.2 Å². The molecule has 2 rings (SSSR count). The standard InChI is InChI=1S/C12H10BrF2NS/c1-16-12(10-4-5-11(13)17-10)8-6-7(14)2-3-9(8)15/h2-6,12,16H,1H3. The second-order valence-corrected chi connectivity index (χ2v) is 6.02. The van der Waals surface area contributed by atoms with E-state index in [4.69, 9.17) is 0 Å². The van der Waals surface area contributed by atoms with Gasteiger partial charge in [-0.15, -0.1) is 11.3 Å². The van der Waals surface area contributed by atoms with Crippen molar-refractivity contribution in [2.75, 3.05) is 7.05 Å². The first-order valence-electron chi connectivity index (χ1n) is 4.99. The van der Waals surface area contributed by atoms with Crippen LogP contribution in [0.1, 0.15) is 16.5 Å². The van der Waals surface area contributed by atoms with E-state index in [1.54, 1.807) is 7.05 Å². The van der Waals surface area contributed by atoms with E-state index < -0.39 is 11.6 Å². The van der Waals surface area contributed by atoms with Gasteiger partial charge in [0.25, 0.3) is 0 Å². The summed E-state index contributed by atoms with van der Waals surface area (Å²) >= 11 is 4.85. The van der Waals surface area contributed by atoms with Crippen LogP contribution < -0.4 is 5.32 Å². The van der Waals surface area contributed by atoms with Gasteiger partial charge < -0.3 is 5.32 Å². The molecule has 1 atom stereocenters. The minimum Gasteiger partial charge on any atom is -0.309 e. The van der Waals surface area contributed by atoms with Crippen molar-refractivity contribution in [3.63, 3.8) is 0 Å². The second kappa shape index (κ2) is 5.25. The third-order valence-electron chi connectivity index (χ3n) is 2.44. The van der Waals surface area contributed by atoms with Crippen molar-refractivity contribution >= 4 is 27.3 Å². The van der Waals surface area contributed by atoms with E-state index in [1.165, 1.54) is 17.4 Å². The van der Waals surface area contributed by atoms with Crippen molar-refractivity contribution < 1.29 is 8.78 Å². The molecule has 0 aliphatic carbocycles. The van der Waals surface area contributed by atoms with Crippen molar-refractivity contribution in [3.8, 4) is 0 Å². The minimum absolute atomic E-state index is 0.321. The maximum Gasteiger partial charge on any atom is 0.128 e. The highest BCUT2D eigenvalue weighted by molar-refractivity contribution is 9.11. The van der Waals surface area contributed by atoms with Gasteiger partial charge in [-0.25, -0.2) is 8.78 Å². The van der Waals surface area contributed by atoms with Crippen LogP contribution in [0.4, 0.5) is 8.78 Å². The molecule has 1 aromatic heterocycles. The van der Waals surface area contributed by atoms with Crippen molar-refractivity contribution in [1.82, 2.24) is 5.32 Å². The largest absolute Gasteiger partial charge is 0.309 e. The van der Waals surface area contributed by atoms with Gasteiger partial charge in [0.1, 0.15) is 11.6 Å². The molecule has 0 fully saturated rings. The number of hydrogen-bond acceptors (Lipinski definition) is 2. The molecule has 0 saturated heterocycles. The highest BCUT2D eigenvalue weighted by atomic mass is 79.9. The van der Waals surface area contributed by atoms with Crippen LogP contribution in [0.5, 0.6) is 0 Å². The molecule has 0 spiro atoms. The zero-order valence-corrected chi connectivity index (χ0v) is 11.4. The Morgan fingerprint density at radius 3 is 2.59 bits per heavy atom. The van der Waals surface area contributed by atoms with Crippen molar-refractivity contribution in [1.29, 1.82) is 0 Å². The second-order valence-electron chi connectivity index (χ2n) is 3.53. The van der Waals surface area contributed by atoms with Crippen LogP contribution in [-0.2, 0) is 0 Å². The van der Waals surface area contributed by atoms with Crippen LogP contribution in [-0.4, -0.2) is 7.05 Å². The highest BCUT2D eigenvalue weighted by Crippen LogP contribution is 2.32. The quantitative estimate of drug-likeness (QED) is 0.898. The number of rotatable bonds is 3. The van der Waals surface area contributed by atoms with Gasteiger partial charge in [0, 0.05) is 10.4 Å². The average molecular weight is 318 g/mol. The predicted octanol–water partition coefficient (Wildman–Crippen LogP) is 4.10. The summed E-state index contributed by atoms with van der Waals surface area (Å²) in [5.41, 5.74) is 0.321. The van der Waals surface area contributed by atoms with Gasteiger partial charge in [-0.05, 0) is 53.3 Å². The first-order valence-corrected chi connectivity index (χ1v) is 6.60. The van der Waals surface area contributed by atoms with E-state index >= 15 is 0 Å². The van der Waals surface area contributed by atoms with Crippen molar-refractivity contribution in [3.05, 3.63) is 56.2 Å². The fourth-order valence-corrected chi connectivity index (χ4v) is 3.22. The monoisotopic (exact) mass is 317 g/mol. The number of halogens is 3. The lowest BCUT2D eigenvalue weighted by molar-refractivity contribution is 0.560. The van der Waals surface area contributed by atoms with Crippen molar-refractivity contribution in [2.45, 2.75) is 6.04 Å². The fraction of sp³-hybridized carbons (Fsp3) is 0.167. The topological polar surface area (TPSA) is 12.0 Å². The van der Waals surface area contributed by atoms with Gasteiger partial charge in [-0.2, -0.15) is 0 Å². The number of benzene rings is 1. The molecule has 0 aliphatic heterocycles. The van der Waals surface area contributed by atoms with E-state index in [0.29, 0.717) is 5.56 Å². The summed E-state index contributed by atoms with van der Waals surface area (Å²) in [6.07, 6.45) is 0. The molecule has 0 radical (unpaired) electrons. The molecular weight excluding hydrogens is 308 g/mol. The van der Waals surface area contributed by atoms with Crippen LogP contribution in [0, 0.1) is 11.6 Å². The molecule has 0 saturated carbocycles. The number of nitrogens with one attached hydrogen (secondary N) is 1. The smallest absolute Gasteiger partial charge is 0.128 e. The lowest BCUT2D eigenvalue weighted by Crippen LogP contribution is -2.18.